The molecule has 0 aliphatic heterocycles. The molecule has 120 valence electrons. The van der Waals surface area contributed by atoms with E-state index in [0.717, 1.165) is 37.0 Å². The minimum absolute atomic E-state index is 0.219. The second kappa shape index (κ2) is 8.17. The standard InChI is InChI=1S/C16H30N4O/c1-7-9-17-13-10-15(20(6)12-16(3,4)5)19-14(18-13)11-21-8-2/h10H,7-9,11-12H2,1-6H3,(H,17,18,19). The summed E-state index contributed by atoms with van der Waals surface area (Å²) < 4.78 is 5.44. The molecule has 1 N–H and O–H groups in total. The van der Waals surface area contributed by atoms with Crippen LogP contribution in [-0.4, -0.2) is 36.7 Å². The van der Waals surface area contributed by atoms with E-state index in [-0.39, 0.29) is 5.41 Å². The first-order chi connectivity index (χ1) is 9.85. The van der Waals surface area contributed by atoms with E-state index in [0.29, 0.717) is 13.2 Å². The van der Waals surface area contributed by atoms with Crippen molar-refractivity contribution in [1.29, 1.82) is 0 Å². The molecule has 0 saturated heterocycles. The molecule has 0 aliphatic carbocycles. The molecule has 1 aromatic heterocycles. The summed E-state index contributed by atoms with van der Waals surface area (Å²) in [6.07, 6.45) is 1.07. The van der Waals surface area contributed by atoms with Crippen LogP contribution in [0.25, 0.3) is 0 Å². The van der Waals surface area contributed by atoms with Crippen molar-refractivity contribution >= 4 is 11.6 Å². The van der Waals surface area contributed by atoms with Gasteiger partial charge < -0.3 is 15.0 Å². The molecular weight excluding hydrogens is 264 g/mol. The Kier molecular flexibility index (Phi) is 6.89. The van der Waals surface area contributed by atoms with Crippen molar-refractivity contribution in [2.75, 3.05) is 37.0 Å². The largest absolute Gasteiger partial charge is 0.374 e. The van der Waals surface area contributed by atoms with Gasteiger partial charge in [-0.05, 0) is 18.8 Å². The quantitative estimate of drug-likeness (QED) is 0.797. The van der Waals surface area contributed by atoms with Gasteiger partial charge in [0.1, 0.15) is 18.2 Å². The van der Waals surface area contributed by atoms with Gasteiger partial charge in [-0.15, -0.1) is 0 Å². The van der Waals surface area contributed by atoms with Crippen LogP contribution in [-0.2, 0) is 11.3 Å². The van der Waals surface area contributed by atoms with Gasteiger partial charge in [0.25, 0.3) is 0 Å². The maximum absolute atomic E-state index is 5.44. The average molecular weight is 294 g/mol. The molecule has 0 fully saturated rings. The van der Waals surface area contributed by atoms with Gasteiger partial charge in [0.15, 0.2) is 5.82 Å². The van der Waals surface area contributed by atoms with Crippen LogP contribution < -0.4 is 10.2 Å². The molecule has 0 atom stereocenters. The minimum atomic E-state index is 0.219. The Hall–Kier alpha value is -1.36. The third-order valence-electron chi connectivity index (χ3n) is 2.85. The zero-order valence-electron chi connectivity index (χ0n) is 14.4. The Bertz CT molecular complexity index is 403. The van der Waals surface area contributed by atoms with E-state index in [4.69, 9.17) is 4.74 Å². The number of nitrogens with zero attached hydrogens (tertiary/aromatic N) is 3. The molecule has 0 bridgehead atoms. The monoisotopic (exact) mass is 294 g/mol. The smallest absolute Gasteiger partial charge is 0.158 e. The molecule has 0 radical (unpaired) electrons. The summed E-state index contributed by atoms with van der Waals surface area (Å²) in [5, 5.41) is 3.34. The van der Waals surface area contributed by atoms with E-state index in [9.17, 15) is 0 Å². The predicted molar refractivity (Wildman–Crippen MR) is 88.9 cm³/mol. The minimum Gasteiger partial charge on any atom is -0.374 e. The van der Waals surface area contributed by atoms with Crippen molar-refractivity contribution in [3.63, 3.8) is 0 Å². The normalized spacial score (nSPS) is 11.5. The first-order valence-corrected chi connectivity index (χ1v) is 7.76. The van der Waals surface area contributed by atoms with Crippen molar-refractivity contribution in [2.24, 2.45) is 5.41 Å². The Morgan fingerprint density at radius 3 is 2.52 bits per heavy atom. The number of rotatable bonds is 8. The van der Waals surface area contributed by atoms with Gasteiger partial charge in [0, 0.05) is 32.8 Å². The molecule has 1 rings (SSSR count). The molecule has 5 heteroatoms. The van der Waals surface area contributed by atoms with Crippen molar-refractivity contribution in [1.82, 2.24) is 9.97 Å². The zero-order valence-corrected chi connectivity index (χ0v) is 14.4. The van der Waals surface area contributed by atoms with Crippen molar-refractivity contribution < 1.29 is 4.74 Å². The van der Waals surface area contributed by atoms with Crippen molar-refractivity contribution in [3.05, 3.63) is 11.9 Å². The van der Waals surface area contributed by atoms with Gasteiger partial charge in [-0.25, -0.2) is 9.97 Å². The van der Waals surface area contributed by atoms with E-state index in [1.165, 1.54) is 0 Å². The molecule has 0 unspecified atom stereocenters. The first kappa shape index (κ1) is 17.7. The lowest BCUT2D eigenvalue weighted by atomic mass is 9.96. The van der Waals surface area contributed by atoms with E-state index < -0.39 is 0 Å². The molecule has 0 saturated carbocycles. The highest BCUT2D eigenvalue weighted by Crippen LogP contribution is 2.21. The van der Waals surface area contributed by atoms with Crippen LogP contribution in [0.5, 0.6) is 0 Å². The van der Waals surface area contributed by atoms with Crippen LogP contribution in [0.1, 0.15) is 46.9 Å². The van der Waals surface area contributed by atoms with Gasteiger partial charge in [-0.1, -0.05) is 27.7 Å². The van der Waals surface area contributed by atoms with Crippen LogP contribution in [0, 0.1) is 5.41 Å². The van der Waals surface area contributed by atoms with E-state index in [2.05, 4.69) is 54.9 Å². The lowest BCUT2D eigenvalue weighted by Crippen LogP contribution is -2.30. The third-order valence-corrected chi connectivity index (χ3v) is 2.85. The maximum atomic E-state index is 5.44. The summed E-state index contributed by atoms with van der Waals surface area (Å²) in [7, 11) is 2.07. The Morgan fingerprint density at radius 1 is 1.24 bits per heavy atom. The topological polar surface area (TPSA) is 50.3 Å². The van der Waals surface area contributed by atoms with E-state index >= 15 is 0 Å². The second-order valence-corrected chi connectivity index (χ2v) is 6.51. The average Bonchev–Trinajstić information content (AvgIpc) is 2.40. The highest BCUT2D eigenvalue weighted by Gasteiger charge is 2.16. The van der Waals surface area contributed by atoms with Crippen molar-refractivity contribution in [2.45, 2.75) is 47.6 Å². The van der Waals surface area contributed by atoms with Crippen molar-refractivity contribution in [3.8, 4) is 0 Å². The SMILES string of the molecule is CCCNc1cc(N(C)CC(C)(C)C)nc(COCC)n1. The molecule has 0 spiro atoms. The highest BCUT2D eigenvalue weighted by atomic mass is 16.5. The van der Waals surface area contributed by atoms with Gasteiger partial charge in [-0.3, -0.25) is 0 Å². The number of nitrogens with one attached hydrogen (secondary N) is 1. The summed E-state index contributed by atoms with van der Waals surface area (Å²) in [4.78, 5) is 11.3. The summed E-state index contributed by atoms with van der Waals surface area (Å²) in [6, 6.07) is 2.01. The number of hydrogen-bond donors (Lipinski definition) is 1. The number of ether oxygens (including phenoxy) is 1. The predicted octanol–water partition coefficient (Wildman–Crippen LogP) is 3.32. The fourth-order valence-electron chi connectivity index (χ4n) is 2.07. The van der Waals surface area contributed by atoms with Crippen LogP contribution in [0.4, 0.5) is 11.6 Å². The van der Waals surface area contributed by atoms with Gasteiger partial charge >= 0.3 is 0 Å². The summed E-state index contributed by atoms with van der Waals surface area (Å²) in [5.74, 6) is 2.54. The lowest BCUT2D eigenvalue weighted by molar-refractivity contribution is 0.128. The fraction of sp³-hybridized carbons (Fsp3) is 0.750. The number of aromatic nitrogens is 2. The van der Waals surface area contributed by atoms with E-state index in [1.54, 1.807) is 0 Å². The summed E-state index contributed by atoms with van der Waals surface area (Å²) in [5.41, 5.74) is 0.219. The molecule has 1 heterocycles. The molecule has 0 amide bonds. The van der Waals surface area contributed by atoms with Gasteiger partial charge in [-0.2, -0.15) is 0 Å². The fourth-order valence-corrected chi connectivity index (χ4v) is 2.07. The zero-order chi connectivity index (χ0) is 15.9. The number of anilines is 2. The summed E-state index contributed by atoms with van der Waals surface area (Å²) in [6.45, 7) is 13.8. The van der Waals surface area contributed by atoms with Crippen LogP contribution in [0.2, 0.25) is 0 Å². The molecule has 0 aromatic carbocycles. The van der Waals surface area contributed by atoms with Gasteiger partial charge in [0.05, 0.1) is 0 Å². The maximum Gasteiger partial charge on any atom is 0.158 e. The lowest BCUT2D eigenvalue weighted by Gasteiger charge is -2.28. The Labute approximate surface area is 129 Å². The molecule has 1 aromatic rings. The molecular formula is C16H30N4O. The van der Waals surface area contributed by atoms with Crippen LogP contribution in [0.3, 0.4) is 0 Å². The van der Waals surface area contributed by atoms with Gasteiger partial charge in [0.2, 0.25) is 0 Å². The Morgan fingerprint density at radius 2 is 1.95 bits per heavy atom. The van der Waals surface area contributed by atoms with Crippen LogP contribution >= 0.6 is 0 Å². The number of hydrogen-bond acceptors (Lipinski definition) is 5. The first-order valence-electron chi connectivity index (χ1n) is 7.76. The molecule has 0 aliphatic rings. The summed E-state index contributed by atoms with van der Waals surface area (Å²) >= 11 is 0. The second-order valence-electron chi connectivity index (χ2n) is 6.51. The molecule has 21 heavy (non-hydrogen) atoms. The highest BCUT2D eigenvalue weighted by molar-refractivity contribution is 5.49. The molecule has 5 nitrogen and oxygen atoms in total. The third kappa shape index (κ3) is 6.76. The Balaban J connectivity index is 2.94. The van der Waals surface area contributed by atoms with Crippen LogP contribution in [0.15, 0.2) is 6.07 Å². The van der Waals surface area contributed by atoms with E-state index in [1.807, 2.05) is 13.0 Å².